The van der Waals surface area contributed by atoms with E-state index in [1.54, 1.807) is 19.1 Å². The summed E-state index contributed by atoms with van der Waals surface area (Å²) in [7, 11) is 0. The minimum atomic E-state index is -3.01. The molecule has 0 radical (unpaired) electrons. The van der Waals surface area contributed by atoms with Gasteiger partial charge >= 0.3 is 6.61 Å². The van der Waals surface area contributed by atoms with Gasteiger partial charge in [-0.3, -0.25) is 4.79 Å². The van der Waals surface area contributed by atoms with Crippen LogP contribution in [0.5, 0.6) is 5.88 Å². The molecule has 4 rings (SSSR count). The molecule has 1 aliphatic heterocycles. The number of nitrogens with zero attached hydrogens (tertiary/aromatic N) is 1. The van der Waals surface area contributed by atoms with Crippen LogP contribution in [0.2, 0.25) is 0 Å². The lowest BCUT2D eigenvalue weighted by Crippen LogP contribution is -2.63. The zero-order chi connectivity index (χ0) is 19.0. The maximum atomic E-state index is 13.2. The molecule has 5 nitrogen and oxygen atoms in total. The number of hydrogen-bond donors (Lipinski definition) is 2. The number of aryl methyl sites for hydroxylation is 1. The Bertz CT molecular complexity index is 864. The number of aromatic nitrogens is 1. The van der Waals surface area contributed by atoms with Crippen molar-refractivity contribution in [3.63, 3.8) is 0 Å². The van der Waals surface area contributed by atoms with Gasteiger partial charge in [0.2, 0.25) is 11.8 Å². The molecule has 0 atom stereocenters. The van der Waals surface area contributed by atoms with Crippen LogP contribution in [0.15, 0.2) is 36.4 Å². The van der Waals surface area contributed by atoms with Gasteiger partial charge in [0, 0.05) is 18.8 Å². The molecule has 7 heteroatoms. The molecule has 2 heterocycles. The molecule has 1 amide bonds. The maximum Gasteiger partial charge on any atom is 0.388 e. The molecule has 0 unspecified atom stereocenters. The first-order valence-electron chi connectivity index (χ1n) is 9.04. The summed E-state index contributed by atoms with van der Waals surface area (Å²) in [6, 6.07) is 11.2. The predicted octanol–water partition coefficient (Wildman–Crippen LogP) is 3.35. The highest BCUT2D eigenvalue weighted by Crippen LogP contribution is 2.45. The van der Waals surface area contributed by atoms with Crippen molar-refractivity contribution >= 4 is 11.6 Å². The summed E-state index contributed by atoms with van der Waals surface area (Å²) in [6.45, 7) is -0.322. The first-order valence-corrected chi connectivity index (χ1v) is 9.04. The number of alkyl halides is 2. The van der Waals surface area contributed by atoms with Crippen LogP contribution in [0, 0.1) is 6.92 Å². The summed E-state index contributed by atoms with van der Waals surface area (Å²) in [5.41, 5.74) is 2.19. The summed E-state index contributed by atoms with van der Waals surface area (Å²) in [5, 5.41) is 5.95. The van der Waals surface area contributed by atoms with Crippen LogP contribution < -0.4 is 15.4 Å². The highest BCUT2D eigenvalue weighted by atomic mass is 19.3. The Morgan fingerprint density at radius 2 is 2.00 bits per heavy atom. The van der Waals surface area contributed by atoms with E-state index in [1.807, 2.05) is 18.2 Å². The largest absolute Gasteiger partial charge is 0.415 e. The fourth-order valence-corrected chi connectivity index (χ4v) is 3.58. The number of nitrogens with one attached hydrogen (secondary N) is 2. The van der Waals surface area contributed by atoms with Crippen molar-refractivity contribution in [3.05, 3.63) is 53.2 Å². The highest BCUT2D eigenvalue weighted by molar-refractivity contribution is 6.01. The molecule has 142 valence electrons. The van der Waals surface area contributed by atoms with E-state index in [0.717, 1.165) is 18.4 Å². The molecule has 1 saturated carbocycles. The van der Waals surface area contributed by atoms with E-state index in [9.17, 15) is 13.6 Å². The predicted molar refractivity (Wildman–Crippen MR) is 97.2 cm³/mol. The van der Waals surface area contributed by atoms with Gasteiger partial charge in [0.1, 0.15) is 5.69 Å². The normalized spacial score (nSPS) is 18.1. The Kier molecular flexibility index (Phi) is 4.55. The molecule has 1 saturated heterocycles. The van der Waals surface area contributed by atoms with Crippen LogP contribution in [0.1, 0.15) is 35.6 Å². The van der Waals surface area contributed by atoms with E-state index >= 15 is 0 Å². The summed E-state index contributed by atoms with van der Waals surface area (Å²) < 4.78 is 29.9. The number of carbonyl (C=O) groups is 1. The van der Waals surface area contributed by atoms with E-state index in [4.69, 9.17) is 0 Å². The third-order valence-electron chi connectivity index (χ3n) is 5.23. The van der Waals surface area contributed by atoms with Gasteiger partial charge in [-0.25, -0.2) is 4.98 Å². The molecule has 27 heavy (non-hydrogen) atoms. The van der Waals surface area contributed by atoms with Gasteiger partial charge in [0.15, 0.2) is 0 Å². The second kappa shape index (κ2) is 6.88. The lowest BCUT2D eigenvalue weighted by Gasteiger charge is -2.42. The number of anilines is 1. The van der Waals surface area contributed by atoms with Crippen molar-refractivity contribution in [3.8, 4) is 5.88 Å². The van der Waals surface area contributed by atoms with Crippen molar-refractivity contribution in [1.82, 2.24) is 10.3 Å². The number of pyridine rings is 1. The SMILES string of the molecule is Cc1ccc(NC(=O)C2(c3ccccc3C3CC3)CNC2)c(OC(F)F)n1. The number of carbonyl (C=O) groups excluding carboxylic acids is 1. The molecule has 2 aliphatic rings. The van der Waals surface area contributed by atoms with Crippen molar-refractivity contribution in [2.24, 2.45) is 0 Å². The van der Waals surface area contributed by atoms with Crippen LogP contribution >= 0.6 is 0 Å². The summed E-state index contributed by atoms with van der Waals surface area (Å²) >= 11 is 0. The Balaban J connectivity index is 1.64. The first-order chi connectivity index (χ1) is 13.0. The van der Waals surface area contributed by atoms with E-state index in [0.29, 0.717) is 24.7 Å². The number of amides is 1. The molecule has 1 aromatic carbocycles. The zero-order valence-electron chi connectivity index (χ0n) is 15.0. The molecular formula is C20H21F2N3O2. The first kappa shape index (κ1) is 17.9. The number of halogens is 2. The summed E-state index contributed by atoms with van der Waals surface area (Å²) in [6.07, 6.45) is 2.27. The lowest BCUT2D eigenvalue weighted by molar-refractivity contribution is -0.123. The molecule has 2 fully saturated rings. The number of hydrogen-bond acceptors (Lipinski definition) is 4. The van der Waals surface area contributed by atoms with E-state index in [-0.39, 0.29) is 17.5 Å². The monoisotopic (exact) mass is 373 g/mol. The molecular weight excluding hydrogens is 352 g/mol. The number of rotatable bonds is 6. The van der Waals surface area contributed by atoms with Gasteiger partial charge in [-0.1, -0.05) is 24.3 Å². The Morgan fingerprint density at radius 3 is 2.63 bits per heavy atom. The minimum Gasteiger partial charge on any atom is -0.415 e. The third kappa shape index (κ3) is 3.39. The topological polar surface area (TPSA) is 63.2 Å². The summed E-state index contributed by atoms with van der Waals surface area (Å²) in [4.78, 5) is 17.2. The average Bonchev–Trinajstić information content (AvgIpc) is 3.41. The zero-order valence-corrected chi connectivity index (χ0v) is 15.0. The Morgan fingerprint density at radius 1 is 1.26 bits per heavy atom. The van der Waals surface area contributed by atoms with E-state index in [1.165, 1.54) is 5.56 Å². The van der Waals surface area contributed by atoms with Crippen molar-refractivity contribution < 1.29 is 18.3 Å². The van der Waals surface area contributed by atoms with Gasteiger partial charge in [-0.05, 0) is 48.9 Å². The van der Waals surface area contributed by atoms with Crippen LogP contribution in [-0.4, -0.2) is 30.6 Å². The molecule has 2 aromatic rings. The molecule has 0 spiro atoms. The Labute approximate surface area is 156 Å². The maximum absolute atomic E-state index is 13.2. The molecule has 1 aliphatic carbocycles. The van der Waals surface area contributed by atoms with Gasteiger partial charge in [-0.2, -0.15) is 8.78 Å². The van der Waals surface area contributed by atoms with Gasteiger partial charge in [0.05, 0.1) is 5.41 Å². The quantitative estimate of drug-likeness (QED) is 0.815. The van der Waals surface area contributed by atoms with Gasteiger partial charge in [-0.15, -0.1) is 0 Å². The second-order valence-corrected chi connectivity index (χ2v) is 7.19. The van der Waals surface area contributed by atoms with Crippen LogP contribution in [0.25, 0.3) is 0 Å². The average molecular weight is 373 g/mol. The standard InChI is InChI=1S/C20H21F2N3O2/c1-12-6-9-16(17(24-12)27-19(21)22)25-18(26)20(10-23-11-20)15-5-3-2-4-14(15)13-7-8-13/h2-6,9,13,19,23H,7-8,10-11H2,1H3,(H,25,26). The third-order valence-corrected chi connectivity index (χ3v) is 5.23. The van der Waals surface area contributed by atoms with Crippen molar-refractivity contribution in [1.29, 1.82) is 0 Å². The molecule has 2 N–H and O–H groups in total. The van der Waals surface area contributed by atoms with Crippen LogP contribution in [0.4, 0.5) is 14.5 Å². The minimum absolute atomic E-state index is 0.154. The number of benzene rings is 1. The van der Waals surface area contributed by atoms with Crippen molar-refractivity contribution in [2.75, 3.05) is 18.4 Å². The second-order valence-electron chi connectivity index (χ2n) is 7.19. The molecule has 1 aromatic heterocycles. The molecule has 0 bridgehead atoms. The van der Waals surface area contributed by atoms with Gasteiger partial charge < -0.3 is 15.4 Å². The van der Waals surface area contributed by atoms with E-state index < -0.39 is 12.0 Å². The van der Waals surface area contributed by atoms with E-state index in [2.05, 4.69) is 26.4 Å². The lowest BCUT2D eigenvalue weighted by atomic mass is 9.71. The summed E-state index contributed by atoms with van der Waals surface area (Å²) in [5.74, 6) is 0.000578. The van der Waals surface area contributed by atoms with Crippen LogP contribution in [-0.2, 0) is 10.2 Å². The van der Waals surface area contributed by atoms with Gasteiger partial charge in [0.25, 0.3) is 0 Å². The van der Waals surface area contributed by atoms with Crippen molar-refractivity contribution in [2.45, 2.75) is 37.7 Å². The number of ether oxygens (including phenoxy) is 1. The highest BCUT2D eigenvalue weighted by Gasteiger charge is 2.48. The van der Waals surface area contributed by atoms with Crippen LogP contribution in [0.3, 0.4) is 0 Å². The Hall–Kier alpha value is -2.54. The smallest absolute Gasteiger partial charge is 0.388 e. The fraction of sp³-hybridized carbons (Fsp3) is 0.400. The fourth-order valence-electron chi connectivity index (χ4n) is 3.58.